The van der Waals surface area contributed by atoms with E-state index >= 15 is 0 Å². The smallest absolute Gasteiger partial charge is 0.339 e. The number of hydrogen-bond acceptors (Lipinski definition) is 7. The maximum atomic E-state index is 12.5. The lowest BCUT2D eigenvalue weighted by molar-refractivity contribution is -0.384. The number of cyclic esters (lactones) is 1. The molecule has 9 heteroatoms. The summed E-state index contributed by atoms with van der Waals surface area (Å²) in [5.74, 6) is -0.999. The van der Waals surface area contributed by atoms with E-state index in [-0.39, 0.29) is 12.1 Å². The molecular formula is C19H13N3O5S. The van der Waals surface area contributed by atoms with E-state index in [1.807, 2.05) is 0 Å². The third kappa shape index (κ3) is 3.47. The van der Waals surface area contributed by atoms with Crippen molar-refractivity contribution in [3.05, 3.63) is 75.2 Å². The summed E-state index contributed by atoms with van der Waals surface area (Å²) in [5.41, 5.74) is 2.27. The normalized spacial score (nSPS) is 15.4. The average molecular weight is 395 g/mol. The van der Waals surface area contributed by atoms with E-state index in [0.29, 0.717) is 22.0 Å². The van der Waals surface area contributed by atoms with E-state index in [4.69, 9.17) is 4.74 Å². The summed E-state index contributed by atoms with van der Waals surface area (Å²) in [6, 6.07) is 13.1. The van der Waals surface area contributed by atoms with E-state index in [2.05, 4.69) is 10.3 Å². The predicted molar refractivity (Wildman–Crippen MR) is 102 cm³/mol. The number of anilines is 1. The van der Waals surface area contributed by atoms with Gasteiger partial charge in [-0.2, -0.15) is 0 Å². The number of carbonyl (C=O) groups excluding carboxylic acids is 2. The molecule has 1 atom stereocenters. The molecule has 1 unspecified atom stereocenters. The molecule has 0 bridgehead atoms. The van der Waals surface area contributed by atoms with Gasteiger partial charge in [-0.05, 0) is 11.6 Å². The quantitative estimate of drug-likeness (QED) is 0.411. The van der Waals surface area contributed by atoms with Crippen LogP contribution in [0.2, 0.25) is 0 Å². The number of nitrogens with zero attached hydrogens (tertiary/aromatic N) is 2. The zero-order valence-corrected chi connectivity index (χ0v) is 15.1. The second kappa shape index (κ2) is 7.20. The van der Waals surface area contributed by atoms with Crippen molar-refractivity contribution >= 4 is 34.0 Å². The van der Waals surface area contributed by atoms with E-state index in [0.717, 1.165) is 5.56 Å². The number of rotatable bonds is 4. The minimum absolute atomic E-state index is 0.0381. The van der Waals surface area contributed by atoms with Crippen LogP contribution in [0.25, 0.3) is 11.3 Å². The van der Waals surface area contributed by atoms with Gasteiger partial charge in [0.1, 0.15) is 0 Å². The van der Waals surface area contributed by atoms with Gasteiger partial charge < -0.3 is 4.74 Å². The standard InChI is InChI=1S/C19H13N3O5S/c23-17(16-9-11-4-1-2-7-14(11)18(24)27-16)21-19-20-15(10-28-19)12-5-3-6-13(8-12)22(25)26/h1-8,10,16H,9H2,(H,20,21,23). The summed E-state index contributed by atoms with van der Waals surface area (Å²) in [6.07, 6.45) is -0.649. The fourth-order valence-electron chi connectivity index (χ4n) is 2.91. The van der Waals surface area contributed by atoms with Gasteiger partial charge in [-0.3, -0.25) is 20.2 Å². The molecule has 1 aliphatic rings. The minimum Gasteiger partial charge on any atom is -0.448 e. The molecule has 1 aliphatic heterocycles. The Bertz CT molecular complexity index is 1090. The molecule has 0 fully saturated rings. The molecule has 0 saturated heterocycles. The van der Waals surface area contributed by atoms with Crippen LogP contribution in [-0.4, -0.2) is 27.9 Å². The van der Waals surface area contributed by atoms with E-state index in [1.54, 1.807) is 41.8 Å². The number of carbonyl (C=O) groups is 2. The summed E-state index contributed by atoms with van der Waals surface area (Å²) < 4.78 is 5.23. The van der Waals surface area contributed by atoms with Crippen LogP contribution in [-0.2, 0) is 16.0 Å². The molecule has 2 heterocycles. The van der Waals surface area contributed by atoms with Crippen molar-refractivity contribution in [2.45, 2.75) is 12.5 Å². The van der Waals surface area contributed by atoms with Crippen LogP contribution in [0.15, 0.2) is 53.9 Å². The molecule has 8 nitrogen and oxygen atoms in total. The number of amides is 1. The maximum Gasteiger partial charge on any atom is 0.339 e. The highest BCUT2D eigenvalue weighted by Crippen LogP contribution is 2.28. The summed E-state index contributed by atoms with van der Waals surface area (Å²) in [4.78, 5) is 39.3. The van der Waals surface area contributed by atoms with Gasteiger partial charge in [0.25, 0.3) is 11.6 Å². The number of aromatic nitrogens is 1. The van der Waals surface area contributed by atoms with Gasteiger partial charge in [-0.1, -0.05) is 30.3 Å². The van der Waals surface area contributed by atoms with Crippen molar-refractivity contribution in [1.29, 1.82) is 0 Å². The van der Waals surface area contributed by atoms with Crippen LogP contribution in [0.4, 0.5) is 10.8 Å². The molecule has 140 valence electrons. The van der Waals surface area contributed by atoms with E-state index in [9.17, 15) is 19.7 Å². The maximum absolute atomic E-state index is 12.5. The van der Waals surface area contributed by atoms with Crippen molar-refractivity contribution in [2.24, 2.45) is 0 Å². The number of ether oxygens (including phenoxy) is 1. The number of thiazole rings is 1. The van der Waals surface area contributed by atoms with Gasteiger partial charge in [0.2, 0.25) is 0 Å². The largest absolute Gasteiger partial charge is 0.448 e. The monoisotopic (exact) mass is 395 g/mol. The SMILES string of the molecule is O=C1OC(C(=O)Nc2nc(-c3cccc([N+](=O)[O-])c3)cs2)Cc2ccccc21. The van der Waals surface area contributed by atoms with Crippen molar-refractivity contribution in [3.63, 3.8) is 0 Å². The Labute approximate surface area is 162 Å². The van der Waals surface area contributed by atoms with Crippen LogP contribution in [0.5, 0.6) is 0 Å². The van der Waals surface area contributed by atoms with E-state index in [1.165, 1.54) is 23.5 Å². The number of nitrogens with one attached hydrogen (secondary N) is 1. The van der Waals surface area contributed by atoms with Crippen LogP contribution < -0.4 is 5.32 Å². The number of nitro groups is 1. The number of benzene rings is 2. The van der Waals surface area contributed by atoms with Gasteiger partial charge in [-0.15, -0.1) is 11.3 Å². The second-order valence-corrected chi connectivity index (χ2v) is 6.95. The highest BCUT2D eigenvalue weighted by Gasteiger charge is 2.31. The Morgan fingerprint density at radius 3 is 2.89 bits per heavy atom. The lowest BCUT2D eigenvalue weighted by Crippen LogP contribution is -2.37. The molecule has 2 aromatic carbocycles. The molecule has 0 aliphatic carbocycles. The van der Waals surface area contributed by atoms with Crippen molar-refractivity contribution < 1.29 is 19.2 Å². The number of fused-ring (bicyclic) bond motifs is 1. The third-order valence-electron chi connectivity index (χ3n) is 4.27. The van der Waals surface area contributed by atoms with Crippen LogP contribution in [0, 0.1) is 10.1 Å². The molecule has 1 amide bonds. The first-order chi connectivity index (χ1) is 13.5. The molecule has 0 saturated carbocycles. The minimum atomic E-state index is -0.937. The predicted octanol–water partition coefficient (Wildman–Crippen LogP) is 3.44. The lowest BCUT2D eigenvalue weighted by atomic mass is 9.98. The van der Waals surface area contributed by atoms with Crippen molar-refractivity contribution in [2.75, 3.05) is 5.32 Å². The first-order valence-corrected chi connectivity index (χ1v) is 9.19. The van der Waals surface area contributed by atoms with Crippen LogP contribution in [0.1, 0.15) is 15.9 Å². The molecule has 1 N–H and O–H groups in total. The Hall–Kier alpha value is -3.59. The zero-order valence-electron chi connectivity index (χ0n) is 14.3. The Balaban J connectivity index is 1.49. The Morgan fingerprint density at radius 2 is 2.07 bits per heavy atom. The fraction of sp³-hybridized carbons (Fsp3) is 0.105. The second-order valence-electron chi connectivity index (χ2n) is 6.09. The average Bonchev–Trinajstić information content (AvgIpc) is 3.16. The summed E-state index contributed by atoms with van der Waals surface area (Å²) in [5, 5.41) is 15.6. The van der Waals surface area contributed by atoms with Gasteiger partial charge in [-0.25, -0.2) is 9.78 Å². The summed E-state index contributed by atoms with van der Waals surface area (Å²) in [7, 11) is 0. The molecule has 0 spiro atoms. The lowest BCUT2D eigenvalue weighted by Gasteiger charge is -2.23. The highest BCUT2D eigenvalue weighted by atomic mass is 32.1. The number of nitro benzene ring substituents is 1. The first-order valence-electron chi connectivity index (χ1n) is 8.31. The molecular weight excluding hydrogens is 382 g/mol. The highest BCUT2D eigenvalue weighted by molar-refractivity contribution is 7.14. The number of hydrogen-bond donors (Lipinski definition) is 1. The molecule has 3 aromatic rings. The summed E-state index contributed by atoms with van der Waals surface area (Å²) in [6.45, 7) is 0. The molecule has 4 rings (SSSR count). The van der Waals surface area contributed by atoms with Crippen LogP contribution in [0.3, 0.4) is 0 Å². The van der Waals surface area contributed by atoms with Gasteiger partial charge in [0.15, 0.2) is 11.2 Å². The van der Waals surface area contributed by atoms with Gasteiger partial charge in [0, 0.05) is 29.5 Å². The Morgan fingerprint density at radius 1 is 1.25 bits per heavy atom. The molecule has 0 radical (unpaired) electrons. The summed E-state index contributed by atoms with van der Waals surface area (Å²) >= 11 is 1.18. The van der Waals surface area contributed by atoms with Crippen LogP contribution >= 0.6 is 11.3 Å². The van der Waals surface area contributed by atoms with Crippen molar-refractivity contribution in [1.82, 2.24) is 4.98 Å². The number of non-ortho nitro benzene ring substituents is 1. The van der Waals surface area contributed by atoms with E-state index < -0.39 is 22.9 Å². The fourth-order valence-corrected chi connectivity index (χ4v) is 3.63. The third-order valence-corrected chi connectivity index (χ3v) is 5.03. The van der Waals surface area contributed by atoms with Gasteiger partial charge >= 0.3 is 5.97 Å². The molecule has 28 heavy (non-hydrogen) atoms. The number of esters is 1. The zero-order chi connectivity index (χ0) is 19.7. The van der Waals surface area contributed by atoms with Gasteiger partial charge in [0.05, 0.1) is 16.2 Å². The molecule has 1 aromatic heterocycles. The Kier molecular flexibility index (Phi) is 4.58. The van der Waals surface area contributed by atoms with Crippen molar-refractivity contribution in [3.8, 4) is 11.3 Å². The first kappa shape index (κ1) is 17.8. The topological polar surface area (TPSA) is 111 Å².